The minimum Gasteiger partial charge on any atom is -0.481 e. The van der Waals surface area contributed by atoms with Crippen LogP contribution in [0.3, 0.4) is 0 Å². The largest absolute Gasteiger partial charge is 0.481 e. The first-order chi connectivity index (χ1) is 15.6. The maximum atomic E-state index is 11.9. The fraction of sp³-hybridized carbons (Fsp3) is 0.346. The van der Waals surface area contributed by atoms with Crippen molar-refractivity contribution in [2.45, 2.75) is 39.7 Å². The lowest BCUT2D eigenvalue weighted by atomic mass is 9.83. The van der Waals surface area contributed by atoms with E-state index in [0.717, 1.165) is 22.4 Å². The van der Waals surface area contributed by atoms with Crippen LogP contribution in [0.5, 0.6) is 17.2 Å². The number of ether oxygens (including phenoxy) is 4. The molecule has 0 amide bonds. The number of benzene rings is 2. The number of fused-ring (bicyclic) bond motifs is 2. The number of carboxylic acids is 1. The monoisotopic (exact) mass is 440 g/mol. The van der Waals surface area contributed by atoms with Crippen molar-refractivity contribution >= 4 is 5.97 Å². The Kier molecular flexibility index (Phi) is 11.5. The third-order valence-corrected chi connectivity index (χ3v) is 4.98. The molecule has 0 saturated carbocycles. The van der Waals surface area contributed by atoms with Gasteiger partial charge in [-0.2, -0.15) is 0 Å². The normalized spacial score (nSPS) is 14.3. The fourth-order valence-corrected chi connectivity index (χ4v) is 3.43. The molecular weight excluding hydrogens is 408 g/mol. The van der Waals surface area contributed by atoms with Gasteiger partial charge in [-0.05, 0) is 47.7 Å². The van der Waals surface area contributed by atoms with Crippen LogP contribution in [0.15, 0.2) is 49.6 Å². The van der Waals surface area contributed by atoms with Crippen LogP contribution in [-0.4, -0.2) is 24.7 Å². The maximum absolute atomic E-state index is 11.9. The molecule has 4 rings (SSSR count). The Balaban J connectivity index is 0.000000789. The van der Waals surface area contributed by atoms with Gasteiger partial charge < -0.3 is 24.1 Å². The van der Waals surface area contributed by atoms with Gasteiger partial charge in [0.2, 0.25) is 6.79 Å². The molecular formula is C26H32O6. The molecule has 2 aromatic carbocycles. The number of aliphatic carboxylic acids is 1. The average molecular weight is 441 g/mol. The second kappa shape index (κ2) is 13.8. The molecule has 0 spiro atoms. The summed E-state index contributed by atoms with van der Waals surface area (Å²) in [5, 5.41) is 9.79. The van der Waals surface area contributed by atoms with Gasteiger partial charge in [0, 0.05) is 5.56 Å². The molecule has 2 atom stereocenters. The van der Waals surface area contributed by atoms with E-state index in [-0.39, 0.29) is 19.5 Å². The first-order valence-electron chi connectivity index (χ1n) is 10.4. The van der Waals surface area contributed by atoms with Crippen molar-refractivity contribution in [1.82, 2.24) is 0 Å². The van der Waals surface area contributed by atoms with E-state index in [1.165, 1.54) is 0 Å². The van der Waals surface area contributed by atoms with Crippen molar-refractivity contribution in [2.24, 2.45) is 5.92 Å². The van der Waals surface area contributed by atoms with E-state index >= 15 is 0 Å². The zero-order valence-corrected chi connectivity index (χ0v) is 19.0. The van der Waals surface area contributed by atoms with Gasteiger partial charge in [-0.25, -0.2) is 0 Å². The molecule has 2 aliphatic heterocycles. The van der Waals surface area contributed by atoms with Gasteiger partial charge in [0.15, 0.2) is 18.3 Å². The molecule has 1 N–H and O–H groups in total. The summed E-state index contributed by atoms with van der Waals surface area (Å²) in [6.45, 7) is 12.9. The van der Waals surface area contributed by atoms with E-state index < -0.39 is 11.9 Å². The SMILES string of the molecule is C#C.C=C.CC.CC(c1ccc2c(c1)COCO2)[C@@H](Cc1ccc2c(c1)OCO2)C(=O)O. The third kappa shape index (κ3) is 6.53. The molecule has 2 aliphatic rings. The number of carbonyl (C=O) groups is 1. The van der Waals surface area contributed by atoms with Gasteiger partial charge in [0.1, 0.15) is 5.75 Å². The number of terminal acetylenes is 1. The highest BCUT2D eigenvalue weighted by molar-refractivity contribution is 5.72. The minimum absolute atomic E-state index is 0.162. The molecule has 6 nitrogen and oxygen atoms in total. The molecule has 0 aromatic heterocycles. The Bertz CT molecular complexity index is 889. The van der Waals surface area contributed by atoms with Gasteiger partial charge >= 0.3 is 5.97 Å². The van der Waals surface area contributed by atoms with Crippen molar-refractivity contribution < 1.29 is 28.8 Å². The Morgan fingerprint density at radius 1 is 1.00 bits per heavy atom. The standard InChI is InChI=1S/C20H20O6.C2H6.C2H4.C2H2/c1-12(14-3-5-17-15(8-14)9-23-10-24-17)16(20(21)22)6-13-2-4-18-19(7-13)26-11-25-18;3*1-2/h2-5,7-8,12,16H,6,9-11H2,1H3,(H,21,22);1-2H3;1-2H2;1-2H/t12?,16-;;;/m1.../s1. The van der Waals surface area contributed by atoms with Gasteiger partial charge in [0.25, 0.3) is 0 Å². The number of carboxylic acid groups (broad SMARTS) is 1. The molecule has 32 heavy (non-hydrogen) atoms. The van der Waals surface area contributed by atoms with E-state index in [0.29, 0.717) is 24.5 Å². The van der Waals surface area contributed by atoms with E-state index in [1.54, 1.807) is 0 Å². The highest BCUT2D eigenvalue weighted by Gasteiger charge is 2.28. The Morgan fingerprint density at radius 3 is 2.31 bits per heavy atom. The summed E-state index contributed by atoms with van der Waals surface area (Å²) >= 11 is 0. The van der Waals surface area contributed by atoms with Gasteiger partial charge in [-0.1, -0.05) is 32.9 Å². The van der Waals surface area contributed by atoms with Gasteiger partial charge in [-0.3, -0.25) is 4.79 Å². The Morgan fingerprint density at radius 2 is 1.62 bits per heavy atom. The topological polar surface area (TPSA) is 74.2 Å². The zero-order valence-electron chi connectivity index (χ0n) is 19.0. The summed E-state index contributed by atoms with van der Waals surface area (Å²) < 4.78 is 21.5. The lowest BCUT2D eigenvalue weighted by Crippen LogP contribution is -2.23. The summed E-state index contributed by atoms with van der Waals surface area (Å²) in [6.07, 6.45) is 8.41. The molecule has 2 heterocycles. The van der Waals surface area contributed by atoms with Crippen molar-refractivity contribution in [3.05, 3.63) is 66.2 Å². The lowest BCUT2D eigenvalue weighted by molar-refractivity contribution is -0.142. The van der Waals surface area contributed by atoms with Crippen LogP contribution < -0.4 is 14.2 Å². The Hall–Kier alpha value is -3.43. The Labute approximate surface area is 190 Å². The van der Waals surface area contributed by atoms with Crippen molar-refractivity contribution in [3.63, 3.8) is 0 Å². The number of hydrogen-bond donors (Lipinski definition) is 1. The van der Waals surface area contributed by atoms with Gasteiger partial charge in [0.05, 0.1) is 12.5 Å². The molecule has 6 heteroatoms. The molecule has 172 valence electrons. The van der Waals surface area contributed by atoms with E-state index in [2.05, 4.69) is 26.0 Å². The van der Waals surface area contributed by atoms with Crippen molar-refractivity contribution in [1.29, 1.82) is 0 Å². The zero-order chi connectivity index (χ0) is 24.1. The summed E-state index contributed by atoms with van der Waals surface area (Å²) in [5.41, 5.74) is 2.83. The van der Waals surface area contributed by atoms with Crippen LogP contribution in [0.1, 0.15) is 43.4 Å². The summed E-state index contributed by atoms with van der Waals surface area (Å²) in [7, 11) is 0. The molecule has 0 fully saturated rings. The van der Waals surface area contributed by atoms with Crippen LogP contribution >= 0.6 is 0 Å². The van der Waals surface area contributed by atoms with Crippen LogP contribution in [0, 0.1) is 18.8 Å². The molecule has 2 aromatic rings. The van der Waals surface area contributed by atoms with E-state index in [9.17, 15) is 9.90 Å². The number of hydrogen-bond acceptors (Lipinski definition) is 5. The van der Waals surface area contributed by atoms with Crippen molar-refractivity contribution in [3.8, 4) is 30.1 Å². The fourth-order valence-electron chi connectivity index (χ4n) is 3.43. The smallest absolute Gasteiger partial charge is 0.307 e. The maximum Gasteiger partial charge on any atom is 0.307 e. The summed E-state index contributed by atoms with van der Waals surface area (Å²) in [5.74, 6) is 0.630. The highest BCUT2D eigenvalue weighted by Crippen LogP contribution is 2.36. The minimum atomic E-state index is -0.819. The second-order valence-electron chi connectivity index (χ2n) is 6.60. The van der Waals surface area contributed by atoms with Gasteiger partial charge in [-0.15, -0.1) is 26.0 Å². The molecule has 1 unspecified atom stereocenters. The average Bonchev–Trinajstić information content (AvgIpc) is 3.33. The van der Waals surface area contributed by atoms with Crippen LogP contribution in [0.4, 0.5) is 0 Å². The highest BCUT2D eigenvalue weighted by atomic mass is 16.7. The predicted octanol–water partition coefficient (Wildman–Crippen LogP) is 5.41. The van der Waals surface area contributed by atoms with Crippen LogP contribution in [-0.2, 0) is 22.6 Å². The third-order valence-electron chi connectivity index (χ3n) is 4.98. The quantitative estimate of drug-likeness (QED) is 0.495. The van der Waals surface area contributed by atoms with E-state index in [1.807, 2.05) is 57.2 Å². The lowest BCUT2D eigenvalue weighted by Gasteiger charge is -2.24. The first-order valence-corrected chi connectivity index (χ1v) is 10.4. The van der Waals surface area contributed by atoms with Crippen LogP contribution in [0.2, 0.25) is 0 Å². The summed E-state index contributed by atoms with van der Waals surface area (Å²) in [4.78, 5) is 11.9. The van der Waals surface area contributed by atoms with Crippen molar-refractivity contribution in [2.75, 3.05) is 13.6 Å². The van der Waals surface area contributed by atoms with Crippen LogP contribution in [0.25, 0.3) is 0 Å². The second-order valence-corrected chi connectivity index (χ2v) is 6.60. The molecule has 0 bridgehead atoms. The number of rotatable bonds is 5. The molecule has 0 saturated heterocycles. The summed E-state index contributed by atoms with van der Waals surface area (Å²) in [6, 6.07) is 11.4. The molecule has 0 aliphatic carbocycles. The predicted molar refractivity (Wildman–Crippen MR) is 125 cm³/mol. The molecule has 0 radical (unpaired) electrons. The first kappa shape index (κ1) is 26.6. The van der Waals surface area contributed by atoms with E-state index in [4.69, 9.17) is 18.9 Å².